The van der Waals surface area contributed by atoms with Crippen LogP contribution >= 0.6 is 0 Å². The Kier molecular flexibility index (Phi) is 8.65. The molecule has 3 aromatic rings. The molecule has 2 heteroatoms. The zero-order chi connectivity index (χ0) is 35.9. The number of aryl methyl sites for hydroxylation is 1. The van der Waals surface area contributed by atoms with E-state index in [0.717, 1.165) is 12.1 Å². The third-order valence-electron chi connectivity index (χ3n) is 12.9. The Morgan fingerprint density at radius 2 is 1.43 bits per heavy atom. The number of nitrogens with zero attached hydrogens (tertiary/aromatic N) is 1. The molecule has 3 aliphatic carbocycles. The van der Waals surface area contributed by atoms with Gasteiger partial charge in [-0.1, -0.05) is 106 Å². The first-order chi connectivity index (χ1) is 22.6. The molecular formula is C47H64N2. The first-order valence-electron chi connectivity index (χ1n) is 18.9. The molecule has 3 aliphatic rings. The van der Waals surface area contributed by atoms with E-state index in [1.807, 2.05) is 0 Å². The van der Waals surface area contributed by atoms with Gasteiger partial charge in [0.1, 0.15) is 0 Å². The van der Waals surface area contributed by atoms with E-state index in [-0.39, 0.29) is 21.7 Å². The highest BCUT2D eigenvalue weighted by molar-refractivity contribution is 5.84. The highest BCUT2D eigenvalue weighted by Crippen LogP contribution is 2.58. The lowest BCUT2D eigenvalue weighted by Crippen LogP contribution is -2.39. The molecule has 1 unspecified atom stereocenters. The van der Waals surface area contributed by atoms with Crippen LogP contribution in [0.2, 0.25) is 0 Å². The second-order valence-corrected chi connectivity index (χ2v) is 19.6. The fourth-order valence-corrected chi connectivity index (χ4v) is 9.21. The van der Waals surface area contributed by atoms with Crippen molar-refractivity contribution in [3.8, 4) is 0 Å². The molecular weight excluding hydrogens is 593 g/mol. The minimum absolute atomic E-state index is 0.0693. The van der Waals surface area contributed by atoms with Crippen LogP contribution in [0.3, 0.4) is 0 Å². The fraction of sp³-hybridized carbons (Fsp3) is 0.532. The van der Waals surface area contributed by atoms with Crippen molar-refractivity contribution in [2.75, 3.05) is 17.3 Å². The van der Waals surface area contributed by atoms with Crippen LogP contribution in [0.4, 0.5) is 22.7 Å². The summed E-state index contributed by atoms with van der Waals surface area (Å²) in [5, 5.41) is 3.98. The smallest absolute Gasteiger partial charge is 0.0460 e. The molecule has 0 heterocycles. The number of benzene rings is 3. The van der Waals surface area contributed by atoms with Gasteiger partial charge in [-0.05, 0) is 149 Å². The first-order valence-corrected chi connectivity index (χ1v) is 18.9. The number of fused-ring (bicyclic) bond motifs is 2. The lowest BCUT2D eigenvalue weighted by molar-refractivity contribution is 0.125. The lowest BCUT2D eigenvalue weighted by atomic mass is 9.54. The van der Waals surface area contributed by atoms with Crippen LogP contribution in [0, 0.1) is 23.7 Å². The van der Waals surface area contributed by atoms with E-state index >= 15 is 0 Å². The molecule has 49 heavy (non-hydrogen) atoms. The summed E-state index contributed by atoms with van der Waals surface area (Å²) in [6.07, 6.45) is 8.64. The van der Waals surface area contributed by atoms with Crippen LogP contribution in [0.15, 0.2) is 71.8 Å². The van der Waals surface area contributed by atoms with Crippen LogP contribution in [-0.2, 0) is 16.2 Å². The number of hydrogen-bond donors (Lipinski definition) is 1. The molecule has 1 atom stereocenters. The van der Waals surface area contributed by atoms with Gasteiger partial charge >= 0.3 is 0 Å². The van der Waals surface area contributed by atoms with Crippen molar-refractivity contribution < 1.29 is 0 Å². The summed E-state index contributed by atoms with van der Waals surface area (Å²) < 4.78 is 0. The molecule has 0 bridgehead atoms. The highest BCUT2D eigenvalue weighted by Gasteiger charge is 2.45. The second-order valence-electron chi connectivity index (χ2n) is 19.6. The monoisotopic (exact) mass is 657 g/mol. The van der Waals surface area contributed by atoms with E-state index in [9.17, 15) is 0 Å². The van der Waals surface area contributed by atoms with Crippen molar-refractivity contribution in [3.05, 3.63) is 99.6 Å². The average Bonchev–Trinajstić information content (AvgIpc) is 3.00. The molecule has 262 valence electrons. The topological polar surface area (TPSA) is 15.3 Å². The van der Waals surface area contributed by atoms with Crippen molar-refractivity contribution >= 4 is 28.3 Å². The molecule has 1 saturated carbocycles. The number of hydrogen-bond acceptors (Lipinski definition) is 2. The Balaban J connectivity index is 1.43. The SMILES string of the molecule is CC1=C(c2cc(C(C)(C)C)ccc2Nc2cc(C)cc(N(C)c3cccc4c3C(C)(C)CCC4(C)C)c2)CC2C(=C1)C(C)(C)CCC2(C)C. The summed E-state index contributed by atoms with van der Waals surface area (Å²) in [5.41, 5.74) is 17.4. The minimum atomic E-state index is 0.0693. The van der Waals surface area contributed by atoms with Gasteiger partial charge in [0.25, 0.3) is 0 Å². The van der Waals surface area contributed by atoms with Gasteiger partial charge in [0, 0.05) is 35.4 Å². The number of nitrogens with one attached hydrogen (secondary N) is 1. The van der Waals surface area contributed by atoms with Crippen LogP contribution in [0.1, 0.15) is 143 Å². The predicted octanol–water partition coefficient (Wildman–Crippen LogP) is 13.7. The first kappa shape index (κ1) is 35.6. The zero-order valence-corrected chi connectivity index (χ0v) is 33.3. The third-order valence-corrected chi connectivity index (χ3v) is 12.9. The largest absolute Gasteiger partial charge is 0.355 e. The number of allylic oxidation sites excluding steroid dienone is 4. The molecule has 0 aromatic heterocycles. The van der Waals surface area contributed by atoms with Crippen LogP contribution in [-0.4, -0.2) is 7.05 Å². The molecule has 0 saturated heterocycles. The normalized spacial score (nSPS) is 22.2. The molecule has 0 amide bonds. The Morgan fingerprint density at radius 3 is 2.12 bits per heavy atom. The lowest BCUT2D eigenvalue weighted by Gasteiger charge is -2.50. The number of rotatable bonds is 5. The molecule has 1 N–H and O–H groups in total. The molecule has 0 aliphatic heterocycles. The van der Waals surface area contributed by atoms with Gasteiger partial charge < -0.3 is 10.2 Å². The summed E-state index contributed by atoms with van der Waals surface area (Å²) in [5.74, 6) is 0.561. The van der Waals surface area contributed by atoms with Crippen molar-refractivity contribution in [1.82, 2.24) is 0 Å². The Labute approximate surface area is 299 Å². The average molecular weight is 657 g/mol. The van der Waals surface area contributed by atoms with Crippen LogP contribution < -0.4 is 10.2 Å². The molecule has 6 rings (SSSR count). The van der Waals surface area contributed by atoms with Gasteiger partial charge in [-0.25, -0.2) is 0 Å². The van der Waals surface area contributed by atoms with E-state index in [1.165, 1.54) is 81.7 Å². The Hall–Kier alpha value is -3.26. The van der Waals surface area contributed by atoms with Crippen molar-refractivity contribution in [3.63, 3.8) is 0 Å². The maximum Gasteiger partial charge on any atom is 0.0460 e. The fourth-order valence-electron chi connectivity index (χ4n) is 9.21. The standard InChI is InChI=1S/C47H64N2/c1-30-24-33(28-34(25-30)49(14)41-17-15-16-37-42(41)47(12,13)23-22-44(37,6)7)48-40-19-18-32(43(3,4)5)27-36(40)35-29-39-38(26-31(35)2)45(8,9)20-21-46(39,10)11/h15-19,24-28,39,48H,20-23,29H2,1-14H3. The molecule has 0 spiro atoms. The van der Waals surface area contributed by atoms with Gasteiger partial charge in [-0.15, -0.1) is 0 Å². The predicted molar refractivity (Wildman–Crippen MR) is 215 cm³/mol. The van der Waals surface area contributed by atoms with E-state index in [0.29, 0.717) is 11.3 Å². The maximum absolute atomic E-state index is 3.98. The summed E-state index contributed by atoms with van der Waals surface area (Å²) in [6, 6.07) is 21.1. The maximum atomic E-state index is 3.98. The quantitative estimate of drug-likeness (QED) is 0.294. The summed E-state index contributed by atoms with van der Waals surface area (Å²) in [6.45, 7) is 31.2. The summed E-state index contributed by atoms with van der Waals surface area (Å²) >= 11 is 0. The van der Waals surface area contributed by atoms with Gasteiger partial charge in [0.2, 0.25) is 0 Å². The minimum Gasteiger partial charge on any atom is -0.355 e. The highest BCUT2D eigenvalue weighted by atomic mass is 15.1. The Morgan fingerprint density at radius 1 is 0.755 bits per heavy atom. The Bertz CT molecular complexity index is 1830. The molecule has 3 aromatic carbocycles. The van der Waals surface area contributed by atoms with E-state index in [4.69, 9.17) is 0 Å². The van der Waals surface area contributed by atoms with Crippen molar-refractivity contribution in [2.45, 2.75) is 138 Å². The summed E-state index contributed by atoms with van der Waals surface area (Å²) in [4.78, 5) is 2.43. The van der Waals surface area contributed by atoms with E-state index < -0.39 is 0 Å². The molecule has 1 fully saturated rings. The van der Waals surface area contributed by atoms with Crippen molar-refractivity contribution in [1.29, 1.82) is 0 Å². The molecule has 2 nitrogen and oxygen atoms in total. The third kappa shape index (κ3) is 6.55. The van der Waals surface area contributed by atoms with Crippen LogP contribution in [0.5, 0.6) is 0 Å². The van der Waals surface area contributed by atoms with Crippen LogP contribution in [0.25, 0.3) is 5.57 Å². The van der Waals surface area contributed by atoms with E-state index in [1.54, 1.807) is 5.57 Å². The van der Waals surface area contributed by atoms with E-state index in [2.05, 4.69) is 168 Å². The molecule has 0 radical (unpaired) electrons. The van der Waals surface area contributed by atoms with Gasteiger partial charge in [-0.3, -0.25) is 0 Å². The van der Waals surface area contributed by atoms with Crippen molar-refractivity contribution in [2.24, 2.45) is 16.7 Å². The van der Waals surface area contributed by atoms with Gasteiger partial charge in [0.05, 0.1) is 0 Å². The zero-order valence-electron chi connectivity index (χ0n) is 33.3. The number of anilines is 4. The second kappa shape index (κ2) is 11.9. The van der Waals surface area contributed by atoms with Gasteiger partial charge in [-0.2, -0.15) is 0 Å². The summed E-state index contributed by atoms with van der Waals surface area (Å²) in [7, 11) is 2.25. The van der Waals surface area contributed by atoms with Gasteiger partial charge in [0.15, 0.2) is 0 Å².